The highest BCUT2D eigenvalue weighted by atomic mass is 32.2. The van der Waals surface area contributed by atoms with Crippen molar-refractivity contribution in [2.75, 3.05) is 11.1 Å². The van der Waals surface area contributed by atoms with Gasteiger partial charge in [-0.15, -0.1) is 11.3 Å². The van der Waals surface area contributed by atoms with Crippen molar-refractivity contribution in [3.8, 4) is 10.6 Å². The molecule has 1 N–H and O–H groups in total. The van der Waals surface area contributed by atoms with Crippen molar-refractivity contribution in [3.63, 3.8) is 0 Å². The summed E-state index contributed by atoms with van der Waals surface area (Å²) < 4.78 is 25.9. The Morgan fingerprint density at radius 3 is 2.37 bits per heavy atom. The molecule has 0 spiro atoms. The first kappa shape index (κ1) is 20.3. The number of nitrogens with one attached hydrogen (secondary N) is 1. The van der Waals surface area contributed by atoms with Gasteiger partial charge in [0.2, 0.25) is 5.91 Å². The highest BCUT2D eigenvalue weighted by Gasteiger charge is 2.16. The lowest BCUT2D eigenvalue weighted by atomic mass is 10.2. The highest BCUT2D eigenvalue weighted by Crippen LogP contribution is 2.30. The fourth-order valence-electron chi connectivity index (χ4n) is 3.01. The van der Waals surface area contributed by atoms with E-state index in [-0.39, 0.29) is 23.0 Å². The monoisotopic (exact) mass is 436 g/mol. The number of aryl methyl sites for hydroxylation is 1. The van der Waals surface area contributed by atoms with Gasteiger partial charge in [-0.25, -0.2) is 13.4 Å². The van der Waals surface area contributed by atoms with Gasteiger partial charge < -0.3 is 5.32 Å². The third-order valence-corrected chi connectivity index (χ3v) is 7.50. The molecule has 1 amide bonds. The molecular weight excluding hydrogens is 416 g/mol. The van der Waals surface area contributed by atoms with Crippen molar-refractivity contribution in [2.24, 2.45) is 0 Å². The number of aromatic nitrogens is 1. The molecule has 5 nitrogen and oxygen atoms in total. The normalized spacial score (nSPS) is 11.5. The molecule has 1 heterocycles. The van der Waals surface area contributed by atoms with E-state index in [2.05, 4.69) is 10.3 Å². The second-order valence-electron chi connectivity index (χ2n) is 6.99. The third kappa shape index (κ3) is 4.58. The molecule has 0 saturated carbocycles. The van der Waals surface area contributed by atoms with Crippen LogP contribution in [0.4, 0.5) is 5.69 Å². The lowest BCUT2D eigenvalue weighted by molar-refractivity contribution is -0.115. The summed E-state index contributed by atoms with van der Waals surface area (Å²) in [6, 6.07) is 22.0. The van der Waals surface area contributed by atoms with Crippen LogP contribution in [0, 0.1) is 6.92 Å². The second kappa shape index (κ2) is 8.38. The molecule has 30 heavy (non-hydrogen) atoms. The minimum Gasteiger partial charge on any atom is -0.326 e. The van der Waals surface area contributed by atoms with E-state index in [1.54, 1.807) is 47.7 Å². The average Bonchev–Trinajstić information content (AvgIpc) is 3.17. The fraction of sp³-hybridized carbons (Fsp3) is 0.130. The van der Waals surface area contributed by atoms with Crippen molar-refractivity contribution in [1.82, 2.24) is 4.98 Å². The third-order valence-electron chi connectivity index (χ3n) is 4.69. The number of fused-ring (bicyclic) bond motifs is 1. The number of hydrogen-bond donors (Lipinski definition) is 1. The van der Waals surface area contributed by atoms with Crippen LogP contribution in [0.25, 0.3) is 20.8 Å². The molecule has 1 aromatic heterocycles. The minimum absolute atomic E-state index is 0.101. The second-order valence-corrected chi connectivity index (χ2v) is 10.1. The van der Waals surface area contributed by atoms with Gasteiger partial charge in [0.05, 0.1) is 20.9 Å². The summed E-state index contributed by atoms with van der Waals surface area (Å²) in [5.41, 5.74) is 3.54. The van der Waals surface area contributed by atoms with Crippen LogP contribution in [0.3, 0.4) is 0 Å². The zero-order chi connectivity index (χ0) is 21.1. The number of amides is 1. The summed E-state index contributed by atoms with van der Waals surface area (Å²) in [5, 5.41) is 3.68. The van der Waals surface area contributed by atoms with Gasteiger partial charge in [0.1, 0.15) is 5.01 Å². The van der Waals surface area contributed by atoms with E-state index >= 15 is 0 Å². The molecule has 7 heteroatoms. The molecule has 0 aliphatic rings. The topological polar surface area (TPSA) is 76.1 Å². The van der Waals surface area contributed by atoms with Crippen LogP contribution in [-0.2, 0) is 14.6 Å². The average molecular weight is 437 g/mol. The summed E-state index contributed by atoms with van der Waals surface area (Å²) in [5.74, 6) is -0.565. The van der Waals surface area contributed by atoms with Gasteiger partial charge in [-0.1, -0.05) is 29.8 Å². The first-order valence-corrected chi connectivity index (χ1v) is 11.9. The van der Waals surface area contributed by atoms with Gasteiger partial charge in [0, 0.05) is 17.7 Å². The van der Waals surface area contributed by atoms with E-state index in [0.29, 0.717) is 5.69 Å². The van der Waals surface area contributed by atoms with Crippen molar-refractivity contribution in [3.05, 3.63) is 78.4 Å². The molecule has 152 valence electrons. The van der Waals surface area contributed by atoms with Crippen LogP contribution < -0.4 is 5.32 Å². The van der Waals surface area contributed by atoms with Crippen LogP contribution in [0.15, 0.2) is 77.7 Å². The van der Waals surface area contributed by atoms with Gasteiger partial charge in [-0.2, -0.15) is 0 Å². The number of carbonyl (C=O) groups excluding carboxylic acids is 1. The first-order chi connectivity index (χ1) is 14.4. The van der Waals surface area contributed by atoms with Crippen LogP contribution in [-0.4, -0.2) is 25.1 Å². The van der Waals surface area contributed by atoms with Gasteiger partial charge in [-0.3, -0.25) is 4.79 Å². The molecule has 0 bridgehead atoms. The maximum atomic E-state index is 12.4. The van der Waals surface area contributed by atoms with E-state index in [0.717, 1.165) is 26.4 Å². The SMILES string of the molecule is Cc1ccc(S(=O)(=O)CCC(=O)Nc2ccc(-c3nc4ccccc4s3)cc2)cc1. The van der Waals surface area contributed by atoms with Gasteiger partial charge in [0.25, 0.3) is 0 Å². The molecule has 0 unspecified atom stereocenters. The van der Waals surface area contributed by atoms with Crippen molar-refractivity contribution in [2.45, 2.75) is 18.2 Å². The molecule has 0 radical (unpaired) electrons. The molecule has 0 fully saturated rings. The molecule has 0 saturated heterocycles. The Balaban J connectivity index is 1.38. The molecule has 0 aliphatic heterocycles. The van der Waals surface area contributed by atoms with E-state index in [4.69, 9.17) is 0 Å². The smallest absolute Gasteiger partial charge is 0.225 e. The van der Waals surface area contributed by atoms with Crippen molar-refractivity contribution in [1.29, 1.82) is 0 Å². The number of anilines is 1. The van der Waals surface area contributed by atoms with Crippen LogP contribution in [0.1, 0.15) is 12.0 Å². The first-order valence-electron chi connectivity index (χ1n) is 9.46. The van der Waals surface area contributed by atoms with Crippen LogP contribution >= 0.6 is 11.3 Å². The van der Waals surface area contributed by atoms with Crippen molar-refractivity contribution >= 4 is 43.0 Å². The summed E-state index contributed by atoms with van der Waals surface area (Å²) in [6.07, 6.45) is -0.101. The van der Waals surface area contributed by atoms with Gasteiger partial charge in [-0.05, 0) is 55.5 Å². The Morgan fingerprint density at radius 2 is 1.67 bits per heavy atom. The van der Waals surface area contributed by atoms with E-state index in [9.17, 15) is 13.2 Å². The zero-order valence-corrected chi connectivity index (χ0v) is 18.0. The fourth-order valence-corrected chi connectivity index (χ4v) is 5.22. The number of carbonyl (C=O) groups is 1. The Bertz CT molecular complexity index is 1260. The summed E-state index contributed by atoms with van der Waals surface area (Å²) in [6.45, 7) is 1.89. The van der Waals surface area contributed by atoms with E-state index in [1.807, 2.05) is 43.3 Å². The lowest BCUT2D eigenvalue weighted by Gasteiger charge is -2.07. The molecule has 3 aromatic carbocycles. The number of thiazole rings is 1. The number of sulfone groups is 1. The lowest BCUT2D eigenvalue weighted by Crippen LogP contribution is -2.17. The molecule has 4 rings (SSSR count). The summed E-state index contributed by atoms with van der Waals surface area (Å²) >= 11 is 1.61. The zero-order valence-electron chi connectivity index (χ0n) is 16.3. The largest absolute Gasteiger partial charge is 0.326 e. The Labute approximate surface area is 179 Å². The molecule has 0 atom stereocenters. The van der Waals surface area contributed by atoms with E-state index < -0.39 is 9.84 Å². The van der Waals surface area contributed by atoms with Crippen molar-refractivity contribution < 1.29 is 13.2 Å². The maximum Gasteiger partial charge on any atom is 0.225 e. The minimum atomic E-state index is -3.49. The quantitative estimate of drug-likeness (QED) is 0.458. The molecular formula is C23H20N2O3S2. The van der Waals surface area contributed by atoms with Gasteiger partial charge >= 0.3 is 0 Å². The predicted octanol–water partition coefficient (Wildman–Crippen LogP) is 5.07. The highest BCUT2D eigenvalue weighted by molar-refractivity contribution is 7.91. The number of para-hydroxylation sites is 1. The predicted molar refractivity (Wildman–Crippen MR) is 122 cm³/mol. The molecule has 0 aliphatic carbocycles. The number of rotatable bonds is 6. The van der Waals surface area contributed by atoms with Crippen LogP contribution in [0.5, 0.6) is 0 Å². The van der Waals surface area contributed by atoms with Crippen LogP contribution in [0.2, 0.25) is 0 Å². The van der Waals surface area contributed by atoms with E-state index in [1.165, 1.54) is 0 Å². The summed E-state index contributed by atoms with van der Waals surface area (Å²) in [4.78, 5) is 17.1. The maximum absolute atomic E-state index is 12.4. The molecule has 4 aromatic rings. The Kier molecular flexibility index (Phi) is 5.65. The Morgan fingerprint density at radius 1 is 0.967 bits per heavy atom. The Hall–Kier alpha value is -3.03. The number of nitrogens with zero attached hydrogens (tertiary/aromatic N) is 1. The van der Waals surface area contributed by atoms with Gasteiger partial charge in [0.15, 0.2) is 9.84 Å². The standard InChI is InChI=1S/C23H20N2O3S2/c1-16-6-12-19(13-7-16)30(27,28)15-14-22(26)24-18-10-8-17(9-11-18)23-25-20-4-2-3-5-21(20)29-23/h2-13H,14-15H2,1H3,(H,24,26). The number of benzene rings is 3. The summed E-state index contributed by atoms with van der Waals surface area (Å²) in [7, 11) is -3.49. The number of hydrogen-bond acceptors (Lipinski definition) is 5.